The summed E-state index contributed by atoms with van der Waals surface area (Å²) in [6, 6.07) is 9.13. The summed E-state index contributed by atoms with van der Waals surface area (Å²) in [6.45, 7) is 13.4. The largest absolute Gasteiger partial charge is 0.455 e. The normalized spacial score (nSPS) is 36.7. The lowest BCUT2D eigenvalue weighted by Crippen LogP contribution is -2.63. The lowest BCUT2D eigenvalue weighted by Gasteiger charge is -2.54. The molecule has 0 radical (unpaired) electrons. The molecule has 1 spiro atoms. The van der Waals surface area contributed by atoms with Crippen molar-refractivity contribution in [1.82, 2.24) is 0 Å². The first-order valence-electron chi connectivity index (χ1n) is 13.2. The number of ether oxygens (including phenoxy) is 2. The Morgan fingerprint density at radius 1 is 1.17 bits per heavy atom. The molecule has 3 aliphatic carbocycles. The van der Waals surface area contributed by atoms with Crippen molar-refractivity contribution in [3.8, 4) is 0 Å². The van der Waals surface area contributed by atoms with Gasteiger partial charge >= 0.3 is 5.97 Å². The van der Waals surface area contributed by atoms with E-state index in [1.165, 1.54) is 5.57 Å². The Morgan fingerprint density at radius 2 is 1.89 bits per heavy atom. The van der Waals surface area contributed by atoms with Crippen LogP contribution < -0.4 is 0 Å². The first-order valence-corrected chi connectivity index (χ1v) is 16.1. The van der Waals surface area contributed by atoms with Gasteiger partial charge in [-0.15, -0.1) is 0 Å². The first-order chi connectivity index (χ1) is 16.4. The Kier molecular flexibility index (Phi) is 5.97. The molecule has 1 aliphatic heterocycles. The molecule has 0 amide bonds. The van der Waals surface area contributed by atoms with Crippen LogP contribution in [0.4, 0.5) is 0 Å². The van der Waals surface area contributed by atoms with Gasteiger partial charge in [-0.3, -0.25) is 4.79 Å². The summed E-state index contributed by atoms with van der Waals surface area (Å²) in [5, 5.41) is -0.0265. The number of carbonyl (C=O) groups is 2. The molecule has 5 rings (SSSR count). The molecule has 4 aliphatic rings. The van der Waals surface area contributed by atoms with Crippen molar-refractivity contribution >= 4 is 20.1 Å². The highest BCUT2D eigenvalue weighted by Crippen LogP contribution is 2.61. The first kappa shape index (κ1) is 24.9. The van der Waals surface area contributed by atoms with Crippen LogP contribution >= 0.6 is 0 Å². The monoisotopic (exact) mass is 496 g/mol. The molecular formula is C29H40O5Si. The predicted molar refractivity (Wildman–Crippen MR) is 138 cm³/mol. The van der Waals surface area contributed by atoms with Crippen LogP contribution in [0.5, 0.6) is 0 Å². The highest BCUT2D eigenvalue weighted by Gasteiger charge is 2.69. The van der Waals surface area contributed by atoms with Crippen LogP contribution in [0.15, 0.2) is 42.0 Å². The van der Waals surface area contributed by atoms with Gasteiger partial charge < -0.3 is 13.9 Å². The maximum Gasteiger partial charge on any atom is 0.338 e. The van der Waals surface area contributed by atoms with Crippen LogP contribution in [-0.4, -0.2) is 43.5 Å². The van der Waals surface area contributed by atoms with Gasteiger partial charge in [0, 0.05) is 12.8 Å². The van der Waals surface area contributed by atoms with E-state index in [9.17, 15) is 9.59 Å². The zero-order valence-corrected chi connectivity index (χ0v) is 23.1. The number of benzene rings is 1. The Bertz CT molecular complexity index is 1040. The molecule has 0 unspecified atom stereocenters. The number of fused-ring (bicyclic) bond motifs is 2. The third-order valence-corrected chi connectivity index (χ3v) is 14.1. The molecule has 0 N–H and O–H groups in total. The van der Waals surface area contributed by atoms with E-state index in [1.807, 2.05) is 18.2 Å². The van der Waals surface area contributed by atoms with Crippen LogP contribution in [0.2, 0.25) is 18.1 Å². The van der Waals surface area contributed by atoms with Gasteiger partial charge in [-0.05, 0) is 74.4 Å². The smallest absolute Gasteiger partial charge is 0.338 e. The molecule has 6 atom stereocenters. The van der Waals surface area contributed by atoms with Gasteiger partial charge in [-0.25, -0.2) is 4.79 Å². The maximum absolute atomic E-state index is 13.6. The molecule has 0 aromatic heterocycles. The van der Waals surface area contributed by atoms with E-state index in [2.05, 4.69) is 46.9 Å². The van der Waals surface area contributed by atoms with Crippen LogP contribution in [0.1, 0.15) is 76.6 Å². The summed E-state index contributed by atoms with van der Waals surface area (Å²) < 4.78 is 20.2. The van der Waals surface area contributed by atoms with Crippen molar-refractivity contribution in [1.29, 1.82) is 0 Å². The molecule has 1 aromatic carbocycles. The fourth-order valence-electron chi connectivity index (χ4n) is 6.50. The van der Waals surface area contributed by atoms with Gasteiger partial charge in [0.2, 0.25) is 0 Å². The third kappa shape index (κ3) is 4.15. The molecule has 6 heteroatoms. The van der Waals surface area contributed by atoms with E-state index in [-0.39, 0.29) is 40.3 Å². The number of rotatable bonds is 4. The van der Waals surface area contributed by atoms with Crippen molar-refractivity contribution in [2.24, 2.45) is 11.8 Å². The molecule has 3 fully saturated rings. The number of esters is 1. The number of Topliss-reactive ketones (excluding diaryl/α,β-unsaturated/α-hetero) is 1. The van der Waals surface area contributed by atoms with Gasteiger partial charge in [-0.1, -0.05) is 45.0 Å². The van der Waals surface area contributed by atoms with Crippen LogP contribution in [0.3, 0.4) is 0 Å². The number of hydrogen-bond donors (Lipinski definition) is 0. The Labute approximate surface area is 210 Å². The Balaban J connectivity index is 1.64. The lowest BCUT2D eigenvalue weighted by molar-refractivity contribution is -0.152. The molecular weight excluding hydrogens is 456 g/mol. The molecule has 1 heterocycles. The fourth-order valence-corrected chi connectivity index (χ4v) is 8.09. The number of ketones is 1. The van der Waals surface area contributed by atoms with Gasteiger partial charge in [0.25, 0.3) is 0 Å². The highest BCUT2D eigenvalue weighted by molar-refractivity contribution is 6.74. The number of carbonyl (C=O) groups excluding carboxylic acids is 2. The van der Waals surface area contributed by atoms with Crippen molar-refractivity contribution in [3.63, 3.8) is 0 Å². The minimum atomic E-state index is -2.29. The van der Waals surface area contributed by atoms with Crippen molar-refractivity contribution in [2.75, 3.05) is 0 Å². The van der Waals surface area contributed by atoms with Crippen LogP contribution in [0, 0.1) is 11.8 Å². The van der Waals surface area contributed by atoms with Crippen molar-refractivity contribution in [2.45, 2.75) is 108 Å². The second kappa shape index (κ2) is 8.39. The summed E-state index contributed by atoms with van der Waals surface area (Å²) >= 11 is 0. The van der Waals surface area contributed by atoms with E-state index in [1.54, 1.807) is 12.1 Å². The van der Waals surface area contributed by atoms with E-state index in [0.29, 0.717) is 24.8 Å². The average Bonchev–Trinajstić information content (AvgIpc) is 3.45. The highest BCUT2D eigenvalue weighted by atomic mass is 28.4. The Hall–Kier alpha value is -1.76. The number of epoxide rings is 1. The predicted octanol–water partition coefficient (Wildman–Crippen LogP) is 6.24. The average molecular weight is 497 g/mol. The molecule has 2 saturated carbocycles. The topological polar surface area (TPSA) is 65.1 Å². The Morgan fingerprint density at radius 3 is 2.57 bits per heavy atom. The summed E-state index contributed by atoms with van der Waals surface area (Å²) in [4.78, 5) is 27.1. The number of hydrogen-bond acceptors (Lipinski definition) is 5. The molecule has 2 bridgehead atoms. The summed E-state index contributed by atoms with van der Waals surface area (Å²) in [5.74, 6) is -0.370. The SMILES string of the molecule is CC1=CC[C@]2(O[Si](C)(C)C(C)(C)C)C[C@]13O[C@H]3C[C@@H]1CCCC(=O)[C@H]1[C@@H]2OC(=O)c1ccccc1. The summed E-state index contributed by atoms with van der Waals surface area (Å²) in [6.07, 6.45) is 6.23. The zero-order valence-electron chi connectivity index (χ0n) is 22.1. The van der Waals surface area contributed by atoms with Gasteiger partial charge in [0.15, 0.2) is 8.32 Å². The van der Waals surface area contributed by atoms with E-state index in [4.69, 9.17) is 13.9 Å². The van der Waals surface area contributed by atoms with Gasteiger partial charge in [0.1, 0.15) is 23.1 Å². The van der Waals surface area contributed by atoms with Gasteiger partial charge in [0.05, 0.1) is 17.6 Å². The molecule has 1 saturated heterocycles. The van der Waals surface area contributed by atoms with Crippen LogP contribution in [0.25, 0.3) is 0 Å². The quantitative estimate of drug-likeness (QED) is 0.214. The molecule has 1 aromatic rings. The molecule has 35 heavy (non-hydrogen) atoms. The van der Waals surface area contributed by atoms with Crippen LogP contribution in [-0.2, 0) is 18.7 Å². The molecule has 5 nitrogen and oxygen atoms in total. The second-order valence-corrected chi connectivity index (χ2v) is 17.5. The minimum Gasteiger partial charge on any atom is -0.455 e. The summed E-state index contributed by atoms with van der Waals surface area (Å²) in [7, 11) is -2.29. The van der Waals surface area contributed by atoms with E-state index in [0.717, 1.165) is 19.3 Å². The van der Waals surface area contributed by atoms with E-state index < -0.39 is 20.0 Å². The lowest BCUT2D eigenvalue weighted by atomic mass is 9.61. The molecule has 190 valence electrons. The zero-order chi connectivity index (χ0) is 25.2. The van der Waals surface area contributed by atoms with E-state index >= 15 is 0 Å². The fraction of sp³-hybridized carbons (Fsp3) is 0.655. The standard InChI is InChI=1S/C29H40O5Si/c1-19-15-16-28(34-35(5,6)27(2,3)4)18-29(19)23(33-29)17-21-13-10-14-22(30)24(21)25(28)32-26(31)20-11-8-7-9-12-20/h7-9,11-12,15,21,23-25H,10,13-14,16-18H2,1-6H3/t21-,23-,24-,25-,28-,29-/m0/s1. The third-order valence-electron chi connectivity index (χ3n) is 9.55. The van der Waals surface area contributed by atoms with Crippen molar-refractivity contribution in [3.05, 3.63) is 47.5 Å². The summed E-state index contributed by atoms with van der Waals surface area (Å²) in [5.41, 5.74) is 0.627. The van der Waals surface area contributed by atoms with Crippen molar-refractivity contribution < 1.29 is 23.5 Å². The second-order valence-electron chi connectivity index (χ2n) is 12.8. The van der Waals surface area contributed by atoms with Gasteiger partial charge in [-0.2, -0.15) is 0 Å². The maximum atomic E-state index is 13.6. The minimum absolute atomic E-state index is 0.0265.